The Morgan fingerprint density at radius 1 is 1.12 bits per heavy atom. The molecule has 8 heteroatoms. The van der Waals surface area contributed by atoms with E-state index in [1.165, 1.54) is 24.2 Å². The molecule has 0 unspecified atom stereocenters. The average molecular weight is 388 g/mol. The molecule has 3 aromatic rings. The zero-order chi connectivity index (χ0) is 18.4. The van der Waals surface area contributed by atoms with Crippen molar-refractivity contribution in [2.45, 2.75) is 4.90 Å². The summed E-state index contributed by atoms with van der Waals surface area (Å²) in [7, 11) is 0. The number of rotatable bonds is 6. The maximum atomic E-state index is 12.0. The highest BCUT2D eigenvalue weighted by atomic mass is 35.5. The first kappa shape index (κ1) is 18.0. The largest absolute Gasteiger partial charge is 0.459 e. The molecule has 132 valence electrons. The lowest BCUT2D eigenvalue weighted by molar-refractivity contribution is -0.113. The topological polar surface area (TPSA) is 84.2 Å². The summed E-state index contributed by atoms with van der Waals surface area (Å²) in [6, 6.07) is 13.7. The number of nitrogens with zero attached hydrogens (tertiary/aromatic N) is 1. The fourth-order valence-electron chi connectivity index (χ4n) is 2.04. The van der Waals surface area contributed by atoms with E-state index < -0.39 is 0 Å². The summed E-state index contributed by atoms with van der Waals surface area (Å²) >= 11 is 7.11. The summed E-state index contributed by atoms with van der Waals surface area (Å²) in [5.74, 6) is 0.371. The van der Waals surface area contributed by atoms with Gasteiger partial charge in [0.25, 0.3) is 5.91 Å². The number of hydrogen-bond donors (Lipinski definition) is 2. The van der Waals surface area contributed by atoms with Crippen molar-refractivity contribution in [1.29, 1.82) is 0 Å². The van der Waals surface area contributed by atoms with Gasteiger partial charge >= 0.3 is 0 Å². The molecular formula is C18H14ClN3O3S. The number of furan rings is 1. The Hall–Kier alpha value is -2.77. The minimum absolute atomic E-state index is 0.185. The predicted molar refractivity (Wildman–Crippen MR) is 102 cm³/mol. The summed E-state index contributed by atoms with van der Waals surface area (Å²) in [6.45, 7) is 0. The van der Waals surface area contributed by atoms with Crippen molar-refractivity contribution in [2.75, 3.05) is 16.4 Å². The van der Waals surface area contributed by atoms with Crippen molar-refractivity contribution in [3.8, 4) is 0 Å². The third kappa shape index (κ3) is 5.11. The fraction of sp³-hybridized carbons (Fsp3) is 0.0556. The number of pyridine rings is 1. The molecule has 0 fully saturated rings. The number of anilines is 2. The first-order chi connectivity index (χ1) is 12.6. The average Bonchev–Trinajstić information content (AvgIpc) is 3.17. The molecule has 6 nitrogen and oxygen atoms in total. The Balaban J connectivity index is 1.54. The van der Waals surface area contributed by atoms with Gasteiger partial charge in [0.05, 0.1) is 17.0 Å². The first-order valence-electron chi connectivity index (χ1n) is 7.59. The number of carbonyl (C=O) groups excluding carboxylic acids is 2. The highest BCUT2D eigenvalue weighted by Crippen LogP contribution is 2.22. The molecule has 2 N–H and O–H groups in total. The van der Waals surface area contributed by atoms with Crippen molar-refractivity contribution in [3.63, 3.8) is 0 Å². The molecule has 0 aliphatic heterocycles. The van der Waals surface area contributed by atoms with Gasteiger partial charge in [0.1, 0.15) is 5.82 Å². The van der Waals surface area contributed by atoms with E-state index >= 15 is 0 Å². The summed E-state index contributed by atoms with van der Waals surface area (Å²) in [5, 5.41) is 5.95. The van der Waals surface area contributed by atoms with E-state index in [-0.39, 0.29) is 23.3 Å². The maximum Gasteiger partial charge on any atom is 0.291 e. The van der Waals surface area contributed by atoms with Crippen LogP contribution in [0.4, 0.5) is 11.5 Å². The van der Waals surface area contributed by atoms with Gasteiger partial charge in [0, 0.05) is 16.8 Å². The van der Waals surface area contributed by atoms with Crippen LogP contribution in [0.5, 0.6) is 0 Å². The molecule has 0 spiro atoms. The molecule has 0 atom stereocenters. The highest BCUT2D eigenvalue weighted by Gasteiger charge is 2.09. The van der Waals surface area contributed by atoms with Gasteiger partial charge in [-0.2, -0.15) is 0 Å². The number of benzene rings is 1. The van der Waals surface area contributed by atoms with Gasteiger partial charge < -0.3 is 15.1 Å². The van der Waals surface area contributed by atoms with E-state index in [4.69, 9.17) is 16.0 Å². The Bertz CT molecular complexity index is 898. The van der Waals surface area contributed by atoms with Crippen LogP contribution in [0.25, 0.3) is 0 Å². The molecule has 3 rings (SSSR count). The third-order valence-electron chi connectivity index (χ3n) is 3.20. The van der Waals surface area contributed by atoms with Crippen molar-refractivity contribution in [2.24, 2.45) is 0 Å². The van der Waals surface area contributed by atoms with Crippen LogP contribution in [0.15, 0.2) is 70.3 Å². The zero-order valence-corrected chi connectivity index (χ0v) is 15.0. The van der Waals surface area contributed by atoms with Crippen molar-refractivity contribution < 1.29 is 14.0 Å². The van der Waals surface area contributed by atoms with Crippen LogP contribution in [-0.2, 0) is 4.79 Å². The van der Waals surface area contributed by atoms with E-state index in [1.807, 2.05) is 6.07 Å². The van der Waals surface area contributed by atoms with Gasteiger partial charge in [0.2, 0.25) is 5.91 Å². The first-order valence-corrected chi connectivity index (χ1v) is 8.95. The van der Waals surface area contributed by atoms with Crippen LogP contribution in [0.2, 0.25) is 5.02 Å². The second-order valence-corrected chi connectivity index (χ2v) is 6.64. The predicted octanol–water partition coefficient (Wildman–Crippen LogP) is 4.31. The normalized spacial score (nSPS) is 10.3. The highest BCUT2D eigenvalue weighted by molar-refractivity contribution is 8.00. The molecule has 2 amide bonds. The molecule has 0 aliphatic carbocycles. The second kappa shape index (κ2) is 8.55. The Labute approximate surface area is 159 Å². The van der Waals surface area contributed by atoms with E-state index in [2.05, 4.69) is 15.6 Å². The van der Waals surface area contributed by atoms with Crippen LogP contribution < -0.4 is 10.6 Å². The van der Waals surface area contributed by atoms with Crippen LogP contribution in [-0.4, -0.2) is 22.6 Å². The quantitative estimate of drug-likeness (QED) is 0.615. The molecular weight excluding hydrogens is 374 g/mol. The number of carbonyl (C=O) groups is 2. The van der Waals surface area contributed by atoms with E-state index in [1.54, 1.807) is 42.5 Å². The summed E-state index contributed by atoms with van der Waals surface area (Å²) in [5.41, 5.74) is 0.621. The van der Waals surface area contributed by atoms with Gasteiger partial charge in [0.15, 0.2) is 5.76 Å². The number of thioether (sulfide) groups is 1. The molecule has 0 radical (unpaired) electrons. The molecule has 0 bridgehead atoms. The Morgan fingerprint density at radius 3 is 2.73 bits per heavy atom. The molecule has 2 aromatic heterocycles. The van der Waals surface area contributed by atoms with Crippen molar-refractivity contribution in [3.05, 3.63) is 71.8 Å². The number of halogens is 1. The van der Waals surface area contributed by atoms with Gasteiger partial charge in [-0.05, 0) is 42.5 Å². The smallest absolute Gasteiger partial charge is 0.291 e. The van der Waals surface area contributed by atoms with Crippen molar-refractivity contribution >= 4 is 46.7 Å². The number of aromatic nitrogens is 1. The summed E-state index contributed by atoms with van der Waals surface area (Å²) in [6.07, 6.45) is 2.91. The fourth-order valence-corrected chi connectivity index (χ4v) is 2.91. The molecule has 0 saturated carbocycles. The lowest BCUT2D eigenvalue weighted by Gasteiger charge is -2.07. The third-order valence-corrected chi connectivity index (χ3v) is 4.42. The lowest BCUT2D eigenvalue weighted by Crippen LogP contribution is -2.14. The standard InChI is InChI=1S/C18H14ClN3O3S/c19-12-6-7-16(20-10-12)22-17(23)11-26-14-4-1-3-13(9-14)21-18(24)15-5-2-8-25-15/h1-10H,11H2,(H,21,24)(H,20,22,23). The number of hydrogen-bond acceptors (Lipinski definition) is 5. The Morgan fingerprint density at radius 2 is 2.00 bits per heavy atom. The number of nitrogens with one attached hydrogen (secondary N) is 2. The minimum atomic E-state index is -0.330. The molecule has 26 heavy (non-hydrogen) atoms. The summed E-state index contributed by atoms with van der Waals surface area (Å²) in [4.78, 5) is 28.9. The summed E-state index contributed by atoms with van der Waals surface area (Å²) < 4.78 is 5.06. The molecule has 1 aromatic carbocycles. The van der Waals surface area contributed by atoms with E-state index in [9.17, 15) is 9.59 Å². The van der Waals surface area contributed by atoms with Crippen molar-refractivity contribution in [1.82, 2.24) is 4.98 Å². The Kier molecular flexibility index (Phi) is 5.93. The second-order valence-electron chi connectivity index (χ2n) is 5.16. The van der Waals surface area contributed by atoms with Gasteiger partial charge in [-0.3, -0.25) is 9.59 Å². The monoisotopic (exact) mass is 387 g/mol. The van der Waals surface area contributed by atoms with Crippen LogP contribution >= 0.6 is 23.4 Å². The lowest BCUT2D eigenvalue weighted by atomic mass is 10.3. The van der Waals surface area contributed by atoms with Gasteiger partial charge in [-0.15, -0.1) is 11.8 Å². The van der Waals surface area contributed by atoms with Gasteiger partial charge in [-0.1, -0.05) is 17.7 Å². The van der Waals surface area contributed by atoms with Crippen LogP contribution in [0, 0.1) is 0 Å². The van der Waals surface area contributed by atoms with E-state index in [0.29, 0.717) is 16.5 Å². The van der Waals surface area contributed by atoms with E-state index in [0.717, 1.165) is 4.90 Å². The maximum absolute atomic E-state index is 12.0. The minimum Gasteiger partial charge on any atom is -0.459 e. The van der Waals surface area contributed by atoms with Crippen LogP contribution in [0.1, 0.15) is 10.6 Å². The molecule has 2 heterocycles. The zero-order valence-electron chi connectivity index (χ0n) is 13.4. The SMILES string of the molecule is O=C(CSc1cccc(NC(=O)c2ccco2)c1)Nc1ccc(Cl)cn1. The number of amides is 2. The molecule has 0 saturated heterocycles. The van der Waals surface area contributed by atoms with Gasteiger partial charge in [-0.25, -0.2) is 4.98 Å². The molecule has 0 aliphatic rings. The van der Waals surface area contributed by atoms with Crippen LogP contribution in [0.3, 0.4) is 0 Å².